The van der Waals surface area contributed by atoms with Gasteiger partial charge in [-0.05, 0) is 25.5 Å². The standard InChI is InChI=1S/C16H19N3OS/c1-10-14(7-8-20-10)19(2)16-12(15(17)21)9-11-5-3-4-6-13(11)18-16/h3-6,9-10,14H,7-8H2,1-2H3,(H2,17,21). The summed E-state index contributed by atoms with van der Waals surface area (Å²) in [6.07, 6.45) is 1.17. The molecule has 1 aromatic carbocycles. The summed E-state index contributed by atoms with van der Waals surface area (Å²) >= 11 is 5.22. The summed E-state index contributed by atoms with van der Waals surface area (Å²) in [5, 5.41) is 1.05. The highest BCUT2D eigenvalue weighted by atomic mass is 32.1. The van der Waals surface area contributed by atoms with Gasteiger partial charge in [0, 0.05) is 19.0 Å². The molecule has 4 nitrogen and oxygen atoms in total. The van der Waals surface area contributed by atoms with Gasteiger partial charge in [-0.3, -0.25) is 0 Å². The number of nitrogens with two attached hydrogens (primary N) is 1. The lowest BCUT2D eigenvalue weighted by molar-refractivity contribution is 0.118. The Labute approximate surface area is 129 Å². The van der Waals surface area contributed by atoms with Gasteiger partial charge < -0.3 is 15.4 Å². The summed E-state index contributed by atoms with van der Waals surface area (Å²) in [6, 6.07) is 10.3. The van der Waals surface area contributed by atoms with Gasteiger partial charge in [-0.15, -0.1) is 0 Å². The Hall–Kier alpha value is -1.72. The van der Waals surface area contributed by atoms with E-state index in [9.17, 15) is 0 Å². The number of benzene rings is 1. The largest absolute Gasteiger partial charge is 0.389 e. The third kappa shape index (κ3) is 2.59. The van der Waals surface area contributed by atoms with Crippen LogP contribution in [0.4, 0.5) is 5.82 Å². The maximum atomic E-state index is 5.91. The molecule has 0 aliphatic carbocycles. The topological polar surface area (TPSA) is 51.4 Å². The van der Waals surface area contributed by atoms with E-state index in [2.05, 4.69) is 11.8 Å². The Morgan fingerprint density at radius 1 is 1.43 bits per heavy atom. The van der Waals surface area contributed by atoms with Crippen LogP contribution in [0.15, 0.2) is 30.3 Å². The molecule has 2 unspecified atom stereocenters. The SMILES string of the molecule is CC1OCCC1N(C)c1nc2ccccc2cc1C(N)=S. The van der Waals surface area contributed by atoms with Crippen molar-refractivity contribution in [3.63, 3.8) is 0 Å². The van der Waals surface area contributed by atoms with Gasteiger partial charge in [0.2, 0.25) is 0 Å². The van der Waals surface area contributed by atoms with Crippen LogP contribution in [0.5, 0.6) is 0 Å². The van der Waals surface area contributed by atoms with Gasteiger partial charge in [0.15, 0.2) is 0 Å². The fraction of sp³-hybridized carbons (Fsp3) is 0.375. The lowest BCUT2D eigenvalue weighted by atomic mass is 10.1. The number of rotatable bonds is 3. The van der Waals surface area contributed by atoms with Gasteiger partial charge in [0.1, 0.15) is 10.8 Å². The molecular weight excluding hydrogens is 282 g/mol. The molecular formula is C16H19N3OS. The van der Waals surface area contributed by atoms with Crippen molar-refractivity contribution in [2.45, 2.75) is 25.5 Å². The Kier molecular flexibility index (Phi) is 3.78. The average Bonchev–Trinajstić information content (AvgIpc) is 2.91. The van der Waals surface area contributed by atoms with E-state index < -0.39 is 0 Å². The maximum Gasteiger partial charge on any atom is 0.139 e. The minimum Gasteiger partial charge on any atom is -0.389 e. The van der Waals surface area contributed by atoms with Crippen LogP contribution in [0.1, 0.15) is 18.9 Å². The van der Waals surface area contributed by atoms with Crippen LogP contribution in [0.3, 0.4) is 0 Å². The molecule has 0 saturated carbocycles. The molecule has 1 saturated heterocycles. The number of ether oxygens (including phenoxy) is 1. The van der Waals surface area contributed by atoms with Crippen molar-refractivity contribution in [3.8, 4) is 0 Å². The molecule has 5 heteroatoms. The van der Waals surface area contributed by atoms with Gasteiger partial charge in [-0.1, -0.05) is 30.4 Å². The minimum absolute atomic E-state index is 0.183. The Morgan fingerprint density at radius 3 is 2.86 bits per heavy atom. The van der Waals surface area contributed by atoms with Crippen molar-refractivity contribution in [3.05, 3.63) is 35.9 Å². The zero-order valence-electron chi connectivity index (χ0n) is 12.2. The Balaban J connectivity index is 2.11. The number of anilines is 1. The van der Waals surface area contributed by atoms with Gasteiger partial charge in [0.05, 0.1) is 23.2 Å². The van der Waals surface area contributed by atoms with Crippen molar-refractivity contribution in [2.24, 2.45) is 5.73 Å². The summed E-state index contributed by atoms with van der Waals surface area (Å²) in [7, 11) is 2.04. The number of hydrogen-bond acceptors (Lipinski definition) is 4. The van der Waals surface area contributed by atoms with Crippen LogP contribution >= 0.6 is 12.2 Å². The summed E-state index contributed by atoms with van der Waals surface area (Å²) < 4.78 is 5.66. The van der Waals surface area contributed by atoms with E-state index >= 15 is 0 Å². The van der Waals surface area contributed by atoms with E-state index in [1.807, 2.05) is 37.4 Å². The van der Waals surface area contributed by atoms with E-state index in [1.54, 1.807) is 0 Å². The molecule has 2 N–H and O–H groups in total. The second-order valence-corrected chi connectivity index (χ2v) is 5.90. The molecule has 2 atom stereocenters. The van der Waals surface area contributed by atoms with E-state index in [1.165, 1.54) is 0 Å². The van der Waals surface area contributed by atoms with Crippen molar-refractivity contribution in [1.29, 1.82) is 0 Å². The first-order chi connectivity index (χ1) is 10.1. The van der Waals surface area contributed by atoms with Gasteiger partial charge >= 0.3 is 0 Å². The van der Waals surface area contributed by atoms with Crippen LogP contribution < -0.4 is 10.6 Å². The van der Waals surface area contributed by atoms with E-state index in [0.29, 0.717) is 11.0 Å². The monoisotopic (exact) mass is 301 g/mol. The molecule has 2 aromatic rings. The fourth-order valence-corrected chi connectivity index (χ4v) is 3.09. The second-order valence-electron chi connectivity index (χ2n) is 5.46. The third-order valence-corrected chi connectivity index (χ3v) is 4.36. The highest BCUT2D eigenvalue weighted by Gasteiger charge is 2.30. The third-order valence-electron chi connectivity index (χ3n) is 4.14. The van der Waals surface area contributed by atoms with Gasteiger partial charge in [-0.25, -0.2) is 4.98 Å². The minimum atomic E-state index is 0.183. The molecule has 1 aromatic heterocycles. The number of fused-ring (bicyclic) bond motifs is 1. The van der Waals surface area contributed by atoms with E-state index in [0.717, 1.165) is 35.3 Å². The Bertz CT molecular complexity index is 688. The second kappa shape index (κ2) is 5.58. The molecule has 0 amide bonds. The molecule has 21 heavy (non-hydrogen) atoms. The van der Waals surface area contributed by atoms with E-state index in [-0.39, 0.29) is 6.10 Å². The summed E-state index contributed by atoms with van der Waals surface area (Å²) in [4.78, 5) is 7.31. The summed E-state index contributed by atoms with van der Waals surface area (Å²) in [6.45, 7) is 2.88. The first-order valence-electron chi connectivity index (χ1n) is 7.12. The fourth-order valence-electron chi connectivity index (χ4n) is 2.94. The molecule has 110 valence electrons. The molecule has 0 bridgehead atoms. The summed E-state index contributed by atoms with van der Waals surface area (Å²) in [5.74, 6) is 0.837. The number of pyridine rings is 1. The van der Waals surface area contributed by atoms with Crippen molar-refractivity contribution >= 4 is 33.9 Å². The van der Waals surface area contributed by atoms with Crippen LogP contribution in [0.2, 0.25) is 0 Å². The molecule has 1 aliphatic heterocycles. The van der Waals surface area contributed by atoms with Crippen molar-refractivity contribution in [1.82, 2.24) is 4.98 Å². The quantitative estimate of drug-likeness (QED) is 0.883. The first-order valence-corrected chi connectivity index (χ1v) is 7.53. The van der Waals surface area contributed by atoms with Crippen LogP contribution in [0, 0.1) is 0 Å². The van der Waals surface area contributed by atoms with Gasteiger partial charge in [0.25, 0.3) is 0 Å². The first kappa shape index (κ1) is 14.2. The highest BCUT2D eigenvalue weighted by Crippen LogP contribution is 2.28. The van der Waals surface area contributed by atoms with Crippen LogP contribution in [0.25, 0.3) is 10.9 Å². The van der Waals surface area contributed by atoms with Crippen molar-refractivity contribution < 1.29 is 4.74 Å². The zero-order valence-corrected chi connectivity index (χ0v) is 13.1. The predicted molar refractivity (Wildman–Crippen MR) is 89.9 cm³/mol. The highest BCUT2D eigenvalue weighted by molar-refractivity contribution is 7.80. The summed E-state index contributed by atoms with van der Waals surface area (Å²) in [5.41, 5.74) is 7.68. The lowest BCUT2D eigenvalue weighted by Crippen LogP contribution is -2.38. The number of hydrogen-bond donors (Lipinski definition) is 1. The molecule has 2 heterocycles. The average molecular weight is 301 g/mol. The smallest absolute Gasteiger partial charge is 0.139 e. The normalized spacial score (nSPS) is 21.6. The van der Waals surface area contributed by atoms with Crippen molar-refractivity contribution in [2.75, 3.05) is 18.6 Å². The van der Waals surface area contributed by atoms with Crippen LogP contribution in [-0.4, -0.2) is 35.8 Å². The Morgan fingerprint density at radius 2 is 2.19 bits per heavy atom. The number of thiocarbonyl (C=S) groups is 1. The molecule has 1 aliphatic rings. The number of likely N-dealkylation sites (N-methyl/N-ethyl adjacent to an activating group) is 1. The zero-order chi connectivity index (χ0) is 15.0. The maximum absolute atomic E-state index is 5.91. The van der Waals surface area contributed by atoms with E-state index in [4.69, 9.17) is 27.7 Å². The number of nitrogens with zero attached hydrogens (tertiary/aromatic N) is 2. The molecule has 0 spiro atoms. The lowest BCUT2D eigenvalue weighted by Gasteiger charge is -2.29. The molecule has 0 radical (unpaired) electrons. The predicted octanol–water partition coefficient (Wildman–Crippen LogP) is 2.48. The number of aromatic nitrogens is 1. The molecule has 3 rings (SSSR count). The van der Waals surface area contributed by atoms with Crippen LogP contribution in [-0.2, 0) is 4.74 Å². The van der Waals surface area contributed by atoms with Gasteiger partial charge in [-0.2, -0.15) is 0 Å². The molecule has 1 fully saturated rings. The number of para-hydroxylation sites is 1.